The minimum Gasteiger partial charge on any atom is -0.312 e. The zero-order valence-corrected chi connectivity index (χ0v) is 15.4. The first-order valence-corrected chi connectivity index (χ1v) is 8.53. The zero-order chi connectivity index (χ0) is 15.6. The molecule has 0 aliphatic heterocycles. The number of nitrogens with zero attached hydrogens (tertiary/aromatic N) is 1. The van der Waals surface area contributed by atoms with Crippen LogP contribution in [0.15, 0.2) is 5.38 Å². The van der Waals surface area contributed by atoms with Crippen molar-refractivity contribution in [1.82, 2.24) is 10.3 Å². The lowest BCUT2D eigenvalue weighted by molar-refractivity contribution is 0.254. The van der Waals surface area contributed by atoms with Crippen LogP contribution in [0.25, 0.3) is 0 Å². The van der Waals surface area contributed by atoms with E-state index in [1.165, 1.54) is 17.1 Å². The first-order valence-electron chi connectivity index (χ1n) is 7.65. The van der Waals surface area contributed by atoms with Gasteiger partial charge in [0.2, 0.25) is 0 Å². The van der Waals surface area contributed by atoms with Crippen LogP contribution in [0.5, 0.6) is 0 Å². The van der Waals surface area contributed by atoms with Crippen LogP contribution < -0.4 is 5.32 Å². The van der Waals surface area contributed by atoms with Gasteiger partial charge in [-0.2, -0.15) is 0 Å². The first kappa shape index (κ1) is 17.6. The Balaban J connectivity index is 2.75. The Morgan fingerprint density at radius 2 is 1.70 bits per heavy atom. The van der Waals surface area contributed by atoms with Crippen molar-refractivity contribution in [3.63, 3.8) is 0 Å². The summed E-state index contributed by atoms with van der Waals surface area (Å²) in [6, 6.07) is 0. The fourth-order valence-corrected chi connectivity index (χ4v) is 3.13. The van der Waals surface area contributed by atoms with Gasteiger partial charge in [0, 0.05) is 29.3 Å². The van der Waals surface area contributed by atoms with E-state index in [0.29, 0.717) is 0 Å². The van der Waals surface area contributed by atoms with Crippen molar-refractivity contribution in [2.24, 2.45) is 5.41 Å². The van der Waals surface area contributed by atoms with E-state index < -0.39 is 0 Å². The molecule has 0 saturated carbocycles. The molecule has 1 atom stereocenters. The molecule has 0 spiro atoms. The zero-order valence-electron chi connectivity index (χ0n) is 14.6. The third-order valence-corrected chi connectivity index (χ3v) is 4.65. The van der Waals surface area contributed by atoms with E-state index in [1.54, 1.807) is 0 Å². The van der Waals surface area contributed by atoms with Crippen LogP contribution in [0.3, 0.4) is 0 Å². The average Bonchev–Trinajstić information content (AvgIpc) is 2.74. The normalized spacial score (nSPS) is 16.2. The molecule has 0 saturated heterocycles. The van der Waals surface area contributed by atoms with E-state index in [2.05, 4.69) is 66.1 Å². The van der Waals surface area contributed by atoms with Gasteiger partial charge in [0.15, 0.2) is 0 Å². The Morgan fingerprint density at radius 3 is 2.10 bits per heavy atom. The lowest BCUT2D eigenvalue weighted by atomic mass is 9.83. The van der Waals surface area contributed by atoms with Gasteiger partial charge in [0.25, 0.3) is 0 Å². The summed E-state index contributed by atoms with van der Waals surface area (Å²) in [5.74, 6) is 0. The second-order valence-corrected chi connectivity index (χ2v) is 9.26. The monoisotopic (exact) mass is 296 g/mol. The summed E-state index contributed by atoms with van der Waals surface area (Å²) >= 11 is 1.81. The van der Waals surface area contributed by atoms with Crippen molar-refractivity contribution in [3.8, 4) is 0 Å². The number of aromatic nitrogens is 1. The summed E-state index contributed by atoms with van der Waals surface area (Å²) in [6.07, 6.45) is 2.23. The van der Waals surface area contributed by atoms with Crippen LogP contribution in [0.1, 0.15) is 72.5 Å². The summed E-state index contributed by atoms with van der Waals surface area (Å²) in [5.41, 5.74) is 1.83. The van der Waals surface area contributed by atoms with E-state index in [4.69, 9.17) is 4.98 Å². The minimum atomic E-state index is 0.154. The highest BCUT2D eigenvalue weighted by Crippen LogP contribution is 2.30. The molecule has 1 aromatic heterocycles. The molecule has 2 nitrogen and oxygen atoms in total. The average molecular weight is 297 g/mol. The lowest BCUT2D eigenvalue weighted by Crippen LogP contribution is -2.43. The van der Waals surface area contributed by atoms with Crippen molar-refractivity contribution < 1.29 is 0 Å². The standard InChI is InChI=1S/C17H32N2S/c1-9-17(8,12-18-16(5,6)7)10-14-19-13(11-20-14)15(2,3)4/h11,18H,9-10,12H2,1-8H3. The van der Waals surface area contributed by atoms with E-state index in [-0.39, 0.29) is 16.4 Å². The number of hydrogen-bond donors (Lipinski definition) is 1. The van der Waals surface area contributed by atoms with Gasteiger partial charge in [-0.3, -0.25) is 0 Å². The van der Waals surface area contributed by atoms with Gasteiger partial charge in [-0.15, -0.1) is 11.3 Å². The van der Waals surface area contributed by atoms with Crippen molar-refractivity contribution >= 4 is 11.3 Å². The van der Waals surface area contributed by atoms with E-state index >= 15 is 0 Å². The van der Waals surface area contributed by atoms with Crippen LogP contribution in [0.2, 0.25) is 0 Å². The minimum absolute atomic E-state index is 0.154. The maximum Gasteiger partial charge on any atom is 0.0934 e. The molecule has 0 aliphatic rings. The molecule has 3 heteroatoms. The van der Waals surface area contributed by atoms with Crippen LogP contribution in [-0.4, -0.2) is 17.1 Å². The topological polar surface area (TPSA) is 24.9 Å². The summed E-state index contributed by atoms with van der Waals surface area (Å²) in [4.78, 5) is 4.85. The number of nitrogens with one attached hydrogen (secondary N) is 1. The molecule has 0 fully saturated rings. The summed E-state index contributed by atoms with van der Waals surface area (Å²) in [7, 11) is 0. The molecule has 1 aromatic rings. The van der Waals surface area contributed by atoms with Crippen LogP contribution >= 0.6 is 11.3 Å². The molecule has 1 rings (SSSR count). The van der Waals surface area contributed by atoms with E-state index in [1.807, 2.05) is 11.3 Å². The fraction of sp³-hybridized carbons (Fsp3) is 0.824. The molecule has 1 unspecified atom stereocenters. The number of hydrogen-bond acceptors (Lipinski definition) is 3. The predicted octanol–water partition coefficient (Wildman–Crippen LogP) is 4.79. The maximum atomic E-state index is 4.85. The highest BCUT2D eigenvalue weighted by molar-refractivity contribution is 7.09. The molecule has 0 amide bonds. The summed E-state index contributed by atoms with van der Waals surface area (Å²) < 4.78 is 0. The first-order chi connectivity index (χ1) is 8.95. The molecule has 1 N–H and O–H groups in total. The smallest absolute Gasteiger partial charge is 0.0934 e. The van der Waals surface area contributed by atoms with Crippen molar-refractivity contribution in [3.05, 3.63) is 16.1 Å². The molecule has 20 heavy (non-hydrogen) atoms. The molecule has 0 aliphatic carbocycles. The van der Waals surface area contributed by atoms with Gasteiger partial charge in [-0.1, -0.05) is 34.6 Å². The van der Waals surface area contributed by atoms with Gasteiger partial charge in [0.1, 0.15) is 0 Å². The van der Waals surface area contributed by atoms with E-state index in [9.17, 15) is 0 Å². The predicted molar refractivity (Wildman–Crippen MR) is 90.7 cm³/mol. The maximum absolute atomic E-state index is 4.85. The van der Waals surface area contributed by atoms with Crippen LogP contribution in [-0.2, 0) is 11.8 Å². The quantitative estimate of drug-likeness (QED) is 0.845. The molecule has 1 heterocycles. The fourth-order valence-electron chi connectivity index (χ4n) is 1.89. The number of rotatable bonds is 5. The Kier molecular flexibility index (Phi) is 5.42. The second kappa shape index (κ2) is 6.15. The SMILES string of the molecule is CCC(C)(CNC(C)(C)C)Cc1nc(C(C)(C)C)cs1. The van der Waals surface area contributed by atoms with Crippen LogP contribution in [0.4, 0.5) is 0 Å². The van der Waals surface area contributed by atoms with E-state index in [0.717, 1.165) is 13.0 Å². The van der Waals surface area contributed by atoms with Crippen molar-refractivity contribution in [2.75, 3.05) is 6.54 Å². The largest absolute Gasteiger partial charge is 0.312 e. The van der Waals surface area contributed by atoms with Gasteiger partial charge >= 0.3 is 0 Å². The van der Waals surface area contributed by atoms with Gasteiger partial charge in [-0.05, 0) is 32.6 Å². The molecule has 0 radical (unpaired) electrons. The Bertz CT molecular complexity index is 423. The van der Waals surface area contributed by atoms with Crippen LogP contribution in [0, 0.1) is 5.41 Å². The number of thiazole rings is 1. The Labute approximate surface area is 129 Å². The highest BCUT2D eigenvalue weighted by Gasteiger charge is 2.27. The highest BCUT2D eigenvalue weighted by atomic mass is 32.1. The summed E-state index contributed by atoms with van der Waals surface area (Å²) in [6.45, 7) is 19.0. The van der Waals surface area contributed by atoms with Crippen molar-refractivity contribution in [1.29, 1.82) is 0 Å². The lowest BCUT2D eigenvalue weighted by Gasteiger charge is -2.32. The second-order valence-electron chi connectivity index (χ2n) is 8.32. The molecular weight excluding hydrogens is 264 g/mol. The Hall–Kier alpha value is -0.410. The Morgan fingerprint density at radius 1 is 1.10 bits per heavy atom. The van der Waals surface area contributed by atoms with Crippen molar-refractivity contribution in [2.45, 2.75) is 79.2 Å². The molecule has 0 aromatic carbocycles. The van der Waals surface area contributed by atoms with Gasteiger partial charge in [-0.25, -0.2) is 4.98 Å². The molecular formula is C17H32N2S. The third kappa shape index (κ3) is 5.53. The summed E-state index contributed by atoms with van der Waals surface area (Å²) in [5, 5.41) is 7.15. The third-order valence-electron chi connectivity index (χ3n) is 3.80. The molecule has 0 bridgehead atoms. The van der Waals surface area contributed by atoms with Gasteiger partial charge < -0.3 is 5.32 Å². The van der Waals surface area contributed by atoms with Gasteiger partial charge in [0.05, 0.1) is 10.7 Å². The molecule has 116 valence electrons.